The van der Waals surface area contributed by atoms with Gasteiger partial charge in [-0.15, -0.1) is 0 Å². The van der Waals surface area contributed by atoms with Gasteiger partial charge in [-0.2, -0.15) is 0 Å². The van der Waals surface area contributed by atoms with E-state index in [1.54, 1.807) is 0 Å². The van der Waals surface area contributed by atoms with Crippen molar-refractivity contribution < 1.29 is 9.53 Å². The highest BCUT2D eigenvalue weighted by molar-refractivity contribution is 7.80. The molecule has 1 amide bonds. The molecule has 0 fully saturated rings. The number of thiocarbonyl (C=S) groups is 1. The number of hydrogen-bond donors (Lipinski definition) is 2. The third-order valence-corrected chi connectivity index (χ3v) is 3.75. The number of nitrogens with one attached hydrogen (secondary N) is 2. The van der Waals surface area contributed by atoms with Gasteiger partial charge >= 0.3 is 0 Å². The Morgan fingerprint density at radius 2 is 1.79 bits per heavy atom. The largest absolute Gasteiger partial charge is 0.491 e. The summed E-state index contributed by atoms with van der Waals surface area (Å²) in [6, 6.07) is 7.86. The molecule has 0 aliphatic rings. The van der Waals surface area contributed by atoms with Crippen molar-refractivity contribution in [2.75, 3.05) is 0 Å². The van der Waals surface area contributed by atoms with Gasteiger partial charge in [0, 0.05) is 13.0 Å². The highest BCUT2D eigenvalue weighted by Gasteiger charge is 2.04. The highest BCUT2D eigenvalue weighted by Crippen LogP contribution is 2.13. The van der Waals surface area contributed by atoms with Crippen molar-refractivity contribution in [1.29, 1.82) is 0 Å². The van der Waals surface area contributed by atoms with Gasteiger partial charge in [0.2, 0.25) is 5.91 Å². The lowest BCUT2D eigenvalue weighted by Crippen LogP contribution is -2.38. The van der Waals surface area contributed by atoms with Crippen LogP contribution in [0.2, 0.25) is 0 Å². The fraction of sp³-hybridized carbons (Fsp3) is 0.579. The Morgan fingerprint density at radius 3 is 2.42 bits per heavy atom. The summed E-state index contributed by atoms with van der Waals surface area (Å²) in [5.74, 6) is 0.845. The molecule has 1 aromatic rings. The van der Waals surface area contributed by atoms with E-state index < -0.39 is 0 Å². The van der Waals surface area contributed by atoms with Crippen LogP contribution in [0.1, 0.15) is 64.9 Å². The molecule has 0 heterocycles. The predicted octanol–water partition coefficient (Wildman–Crippen LogP) is 4.33. The normalized spacial score (nSPS) is 10.5. The summed E-state index contributed by atoms with van der Waals surface area (Å²) in [6.45, 7) is 6.76. The monoisotopic (exact) mass is 350 g/mol. The van der Waals surface area contributed by atoms with Crippen molar-refractivity contribution in [1.82, 2.24) is 10.6 Å². The second-order valence-electron chi connectivity index (χ2n) is 6.21. The zero-order valence-electron chi connectivity index (χ0n) is 15.1. The van der Waals surface area contributed by atoms with Crippen molar-refractivity contribution >= 4 is 23.2 Å². The van der Waals surface area contributed by atoms with Gasteiger partial charge < -0.3 is 15.4 Å². The summed E-state index contributed by atoms with van der Waals surface area (Å²) in [5.41, 5.74) is 1.09. The van der Waals surface area contributed by atoms with Crippen LogP contribution in [0, 0.1) is 0 Å². The van der Waals surface area contributed by atoms with Crippen molar-refractivity contribution in [3.05, 3.63) is 29.8 Å². The lowest BCUT2D eigenvalue weighted by atomic mass is 10.1. The summed E-state index contributed by atoms with van der Waals surface area (Å²) in [7, 11) is 0. The second-order valence-corrected chi connectivity index (χ2v) is 6.61. The molecule has 0 unspecified atom stereocenters. The maximum Gasteiger partial charge on any atom is 0.226 e. The molecule has 134 valence electrons. The Labute approximate surface area is 151 Å². The van der Waals surface area contributed by atoms with Gasteiger partial charge in [-0.25, -0.2) is 0 Å². The van der Waals surface area contributed by atoms with Crippen molar-refractivity contribution in [2.24, 2.45) is 0 Å². The van der Waals surface area contributed by atoms with Crippen LogP contribution in [0.3, 0.4) is 0 Å². The average Bonchev–Trinajstić information content (AvgIpc) is 2.53. The van der Waals surface area contributed by atoms with Crippen LogP contribution in [0.5, 0.6) is 5.75 Å². The quantitative estimate of drug-likeness (QED) is 0.487. The number of amides is 1. The van der Waals surface area contributed by atoms with Crippen LogP contribution in [0.25, 0.3) is 0 Å². The molecule has 0 atom stereocenters. The molecule has 0 saturated heterocycles. The summed E-state index contributed by atoms with van der Waals surface area (Å²) in [6.07, 6.45) is 6.37. The predicted molar refractivity (Wildman–Crippen MR) is 103 cm³/mol. The van der Waals surface area contributed by atoms with Gasteiger partial charge in [0.25, 0.3) is 0 Å². The van der Waals surface area contributed by atoms with Crippen LogP contribution in [-0.4, -0.2) is 17.1 Å². The Balaban J connectivity index is 2.22. The maximum absolute atomic E-state index is 11.8. The first-order valence-corrected chi connectivity index (χ1v) is 9.25. The Morgan fingerprint density at radius 1 is 1.12 bits per heavy atom. The molecule has 0 spiro atoms. The van der Waals surface area contributed by atoms with Crippen molar-refractivity contribution in [3.8, 4) is 5.75 Å². The van der Waals surface area contributed by atoms with Crippen LogP contribution in [0.15, 0.2) is 24.3 Å². The number of unbranched alkanes of at least 4 members (excludes halogenated alkanes) is 4. The standard InChI is InChI=1S/C19H30N2O2S/c1-4-5-6-7-8-9-18(22)21-19(24)20-14-16-10-12-17(13-11-16)23-15(2)3/h10-13,15H,4-9,14H2,1-3H3,(H2,20,21,22,24). The van der Waals surface area contributed by atoms with E-state index in [0.29, 0.717) is 18.1 Å². The molecule has 0 aliphatic carbocycles. The second kappa shape index (κ2) is 11.8. The van der Waals surface area contributed by atoms with E-state index in [1.165, 1.54) is 19.3 Å². The molecule has 24 heavy (non-hydrogen) atoms. The summed E-state index contributed by atoms with van der Waals surface area (Å²) < 4.78 is 5.61. The molecule has 0 aromatic heterocycles. The topological polar surface area (TPSA) is 50.4 Å². The fourth-order valence-electron chi connectivity index (χ4n) is 2.26. The number of carbonyl (C=O) groups is 1. The first-order chi connectivity index (χ1) is 11.5. The zero-order chi connectivity index (χ0) is 17.8. The SMILES string of the molecule is CCCCCCCC(=O)NC(=S)NCc1ccc(OC(C)C)cc1. The molecule has 0 aliphatic heterocycles. The Bertz CT molecular complexity index is 501. The summed E-state index contributed by atoms with van der Waals surface area (Å²) in [4.78, 5) is 11.8. The van der Waals surface area contributed by atoms with Crippen LogP contribution < -0.4 is 15.4 Å². The zero-order valence-corrected chi connectivity index (χ0v) is 15.9. The molecular formula is C19H30N2O2S. The minimum atomic E-state index is -0.00956. The lowest BCUT2D eigenvalue weighted by molar-refractivity contribution is -0.119. The van der Waals surface area contributed by atoms with Gasteiger partial charge in [0.1, 0.15) is 5.75 Å². The molecule has 0 radical (unpaired) electrons. The van der Waals surface area contributed by atoms with Crippen LogP contribution in [0.4, 0.5) is 0 Å². The first-order valence-electron chi connectivity index (χ1n) is 8.84. The number of carbonyl (C=O) groups excluding carboxylic acids is 1. The third-order valence-electron chi connectivity index (χ3n) is 3.51. The van der Waals surface area contributed by atoms with Crippen molar-refractivity contribution in [2.45, 2.75) is 71.9 Å². The number of benzene rings is 1. The first kappa shape index (κ1) is 20.4. The van der Waals surface area contributed by atoms with Crippen LogP contribution in [-0.2, 0) is 11.3 Å². The number of rotatable bonds is 10. The van der Waals surface area contributed by atoms with E-state index in [2.05, 4.69) is 17.6 Å². The summed E-state index contributed by atoms with van der Waals surface area (Å²) >= 11 is 5.16. The van der Waals surface area contributed by atoms with Gasteiger partial charge in [-0.3, -0.25) is 4.79 Å². The molecule has 0 saturated carbocycles. The van der Waals surface area contributed by atoms with Gasteiger partial charge in [0.15, 0.2) is 5.11 Å². The van der Waals surface area contributed by atoms with E-state index in [0.717, 1.165) is 24.2 Å². The van der Waals surface area contributed by atoms with E-state index in [-0.39, 0.29) is 12.0 Å². The Hall–Kier alpha value is -1.62. The summed E-state index contributed by atoms with van der Waals surface area (Å²) in [5, 5.41) is 6.18. The smallest absolute Gasteiger partial charge is 0.226 e. The molecule has 5 heteroatoms. The maximum atomic E-state index is 11.8. The molecule has 2 N–H and O–H groups in total. The molecule has 0 bridgehead atoms. The third kappa shape index (κ3) is 9.50. The van der Waals surface area contributed by atoms with Crippen LogP contribution >= 0.6 is 12.2 Å². The lowest BCUT2D eigenvalue weighted by Gasteiger charge is -2.12. The van der Waals surface area contributed by atoms with E-state index in [1.807, 2.05) is 38.1 Å². The molecular weight excluding hydrogens is 320 g/mol. The molecule has 4 nitrogen and oxygen atoms in total. The van der Waals surface area contributed by atoms with Gasteiger partial charge in [-0.05, 0) is 50.2 Å². The minimum absolute atomic E-state index is 0.00956. The minimum Gasteiger partial charge on any atom is -0.491 e. The Kier molecular flexibility index (Phi) is 10.1. The van der Waals surface area contributed by atoms with E-state index in [9.17, 15) is 4.79 Å². The molecule has 1 aromatic carbocycles. The fourth-order valence-corrected chi connectivity index (χ4v) is 2.45. The van der Waals surface area contributed by atoms with E-state index in [4.69, 9.17) is 17.0 Å². The average molecular weight is 351 g/mol. The van der Waals surface area contributed by atoms with E-state index >= 15 is 0 Å². The number of hydrogen-bond acceptors (Lipinski definition) is 3. The molecule has 1 rings (SSSR count). The number of ether oxygens (including phenoxy) is 1. The van der Waals surface area contributed by atoms with Crippen molar-refractivity contribution in [3.63, 3.8) is 0 Å². The van der Waals surface area contributed by atoms with Gasteiger partial charge in [0.05, 0.1) is 6.10 Å². The van der Waals surface area contributed by atoms with Gasteiger partial charge in [-0.1, -0.05) is 44.7 Å². The highest BCUT2D eigenvalue weighted by atomic mass is 32.1.